The number of carbonyl (C=O) groups is 1. The Morgan fingerprint density at radius 1 is 1.25 bits per heavy atom. The third kappa shape index (κ3) is 3.68. The van der Waals surface area contributed by atoms with Gasteiger partial charge in [-0.15, -0.1) is 10.2 Å². The summed E-state index contributed by atoms with van der Waals surface area (Å²) in [4.78, 5) is 14.1. The summed E-state index contributed by atoms with van der Waals surface area (Å²) in [7, 11) is 0. The fourth-order valence-electron chi connectivity index (χ4n) is 2.34. The van der Waals surface area contributed by atoms with Crippen LogP contribution in [0.15, 0.2) is 12.1 Å². The molecular weight excluding hydrogens is 252 g/mol. The zero-order chi connectivity index (χ0) is 14.4. The number of anilines is 2. The topological polar surface area (TPSA) is 58.1 Å². The molecule has 1 aliphatic rings. The monoisotopic (exact) mass is 276 g/mol. The lowest BCUT2D eigenvalue weighted by molar-refractivity contribution is -0.122. The number of hydrogen-bond donors (Lipinski definition) is 1. The molecule has 0 spiro atoms. The quantitative estimate of drug-likeness (QED) is 0.832. The molecule has 5 heteroatoms. The van der Waals surface area contributed by atoms with E-state index in [4.69, 9.17) is 0 Å². The third-order valence-corrected chi connectivity index (χ3v) is 3.69. The van der Waals surface area contributed by atoms with Gasteiger partial charge >= 0.3 is 0 Å². The Morgan fingerprint density at radius 2 is 1.95 bits per heavy atom. The van der Waals surface area contributed by atoms with E-state index < -0.39 is 0 Å². The molecule has 1 heterocycles. The van der Waals surface area contributed by atoms with Gasteiger partial charge in [-0.2, -0.15) is 0 Å². The lowest BCUT2D eigenvalue weighted by atomic mass is 9.85. The van der Waals surface area contributed by atoms with E-state index in [1.165, 1.54) is 0 Å². The molecule has 0 aromatic carbocycles. The third-order valence-electron chi connectivity index (χ3n) is 3.69. The van der Waals surface area contributed by atoms with Gasteiger partial charge in [-0.3, -0.25) is 4.79 Å². The largest absolute Gasteiger partial charge is 0.355 e. The first-order chi connectivity index (χ1) is 9.74. The summed E-state index contributed by atoms with van der Waals surface area (Å²) in [5, 5.41) is 11.2. The molecule has 2 rings (SSSR count). The summed E-state index contributed by atoms with van der Waals surface area (Å²) in [6, 6.07) is 3.78. The van der Waals surface area contributed by atoms with Gasteiger partial charge in [0.2, 0.25) is 5.91 Å². The first-order valence-corrected chi connectivity index (χ1v) is 7.64. The van der Waals surface area contributed by atoms with Crippen molar-refractivity contribution in [3.63, 3.8) is 0 Å². The molecule has 5 nitrogen and oxygen atoms in total. The fourth-order valence-corrected chi connectivity index (χ4v) is 2.34. The Hall–Kier alpha value is -1.65. The van der Waals surface area contributed by atoms with Crippen molar-refractivity contribution >= 4 is 17.5 Å². The average Bonchev–Trinajstić information content (AvgIpc) is 2.37. The molecule has 0 atom stereocenters. The minimum absolute atomic E-state index is 0.0808. The van der Waals surface area contributed by atoms with E-state index in [1.807, 2.05) is 12.1 Å². The summed E-state index contributed by atoms with van der Waals surface area (Å²) >= 11 is 0. The Kier molecular flexibility index (Phi) is 5.32. The molecule has 110 valence electrons. The van der Waals surface area contributed by atoms with Crippen molar-refractivity contribution in [3.05, 3.63) is 12.1 Å². The fraction of sp³-hybridized carbons (Fsp3) is 0.667. The van der Waals surface area contributed by atoms with Gasteiger partial charge in [-0.25, -0.2) is 0 Å². The molecule has 1 amide bonds. The molecule has 1 aliphatic carbocycles. The highest BCUT2D eigenvalue weighted by molar-refractivity contribution is 5.92. The summed E-state index contributed by atoms with van der Waals surface area (Å²) in [6.45, 7) is 6.28. The van der Waals surface area contributed by atoms with Crippen molar-refractivity contribution in [2.75, 3.05) is 23.3 Å². The second kappa shape index (κ2) is 7.22. The molecule has 0 aliphatic heterocycles. The Labute approximate surface area is 120 Å². The number of nitrogens with one attached hydrogen (secondary N) is 1. The lowest BCUT2D eigenvalue weighted by Gasteiger charge is -2.24. The maximum absolute atomic E-state index is 11.8. The molecule has 0 bridgehead atoms. The smallest absolute Gasteiger partial charge is 0.228 e. The van der Waals surface area contributed by atoms with Gasteiger partial charge in [0.05, 0.1) is 0 Å². The number of aromatic nitrogens is 2. The van der Waals surface area contributed by atoms with Crippen LogP contribution in [0.4, 0.5) is 11.6 Å². The van der Waals surface area contributed by atoms with Crippen LogP contribution in [-0.4, -0.2) is 29.2 Å². The van der Waals surface area contributed by atoms with Gasteiger partial charge < -0.3 is 10.2 Å². The molecule has 1 aromatic heterocycles. The van der Waals surface area contributed by atoms with Crippen LogP contribution in [0.2, 0.25) is 0 Å². The van der Waals surface area contributed by atoms with Gasteiger partial charge in [0.25, 0.3) is 0 Å². The van der Waals surface area contributed by atoms with Crippen LogP contribution in [-0.2, 0) is 4.79 Å². The number of hydrogen-bond acceptors (Lipinski definition) is 4. The van der Waals surface area contributed by atoms with Crippen LogP contribution < -0.4 is 10.2 Å². The van der Waals surface area contributed by atoms with Gasteiger partial charge in [0.15, 0.2) is 11.6 Å². The van der Waals surface area contributed by atoms with Crippen molar-refractivity contribution in [3.8, 4) is 0 Å². The standard InChI is InChI=1S/C15H24N4O/c1-3-10-19(11-4-2)14-9-8-13(17-18-14)16-15(20)12-6-5-7-12/h8-9,12H,3-7,10-11H2,1-2H3,(H,16,17,20). The summed E-state index contributed by atoms with van der Waals surface area (Å²) < 4.78 is 0. The van der Waals surface area contributed by atoms with Crippen LogP contribution in [0.1, 0.15) is 46.0 Å². The minimum atomic E-state index is 0.0808. The Morgan fingerprint density at radius 3 is 2.40 bits per heavy atom. The first kappa shape index (κ1) is 14.8. The Balaban J connectivity index is 1.95. The number of nitrogens with zero attached hydrogens (tertiary/aromatic N) is 3. The number of carbonyl (C=O) groups excluding carboxylic acids is 1. The van der Waals surface area contributed by atoms with Crippen LogP contribution in [0.5, 0.6) is 0 Å². The molecule has 1 aromatic rings. The molecular formula is C15H24N4O. The Bertz CT molecular complexity index is 422. The molecule has 0 unspecified atom stereocenters. The first-order valence-electron chi connectivity index (χ1n) is 7.64. The summed E-state index contributed by atoms with van der Waals surface area (Å²) in [6.07, 6.45) is 5.33. The van der Waals surface area contributed by atoms with Crippen molar-refractivity contribution < 1.29 is 4.79 Å². The summed E-state index contributed by atoms with van der Waals surface area (Å²) in [5.74, 6) is 1.69. The zero-order valence-corrected chi connectivity index (χ0v) is 12.4. The minimum Gasteiger partial charge on any atom is -0.355 e. The zero-order valence-electron chi connectivity index (χ0n) is 12.4. The number of amides is 1. The molecule has 1 saturated carbocycles. The predicted molar refractivity (Wildman–Crippen MR) is 80.8 cm³/mol. The highest BCUT2D eigenvalue weighted by Gasteiger charge is 2.25. The van der Waals surface area contributed by atoms with Crippen molar-refractivity contribution in [1.82, 2.24) is 10.2 Å². The van der Waals surface area contributed by atoms with Gasteiger partial charge in [0.1, 0.15) is 0 Å². The van der Waals surface area contributed by atoms with Crippen molar-refractivity contribution in [2.45, 2.75) is 46.0 Å². The maximum atomic E-state index is 11.8. The predicted octanol–water partition coefficient (Wildman–Crippen LogP) is 2.84. The molecule has 20 heavy (non-hydrogen) atoms. The lowest BCUT2D eigenvalue weighted by Crippen LogP contribution is -2.29. The molecule has 0 saturated heterocycles. The highest BCUT2D eigenvalue weighted by atomic mass is 16.2. The van der Waals surface area contributed by atoms with E-state index in [2.05, 4.69) is 34.3 Å². The van der Waals surface area contributed by atoms with Crippen molar-refractivity contribution in [1.29, 1.82) is 0 Å². The molecule has 1 N–H and O–H groups in total. The van der Waals surface area contributed by atoms with E-state index in [1.54, 1.807) is 0 Å². The van der Waals surface area contributed by atoms with Crippen LogP contribution in [0.3, 0.4) is 0 Å². The summed E-state index contributed by atoms with van der Waals surface area (Å²) in [5.41, 5.74) is 0. The maximum Gasteiger partial charge on any atom is 0.228 e. The van der Waals surface area contributed by atoms with Gasteiger partial charge in [-0.1, -0.05) is 20.3 Å². The van der Waals surface area contributed by atoms with E-state index in [0.717, 1.165) is 51.0 Å². The van der Waals surface area contributed by atoms with Crippen LogP contribution >= 0.6 is 0 Å². The van der Waals surface area contributed by atoms with Crippen LogP contribution in [0.25, 0.3) is 0 Å². The van der Waals surface area contributed by atoms with Gasteiger partial charge in [-0.05, 0) is 37.8 Å². The average molecular weight is 276 g/mol. The van der Waals surface area contributed by atoms with E-state index in [9.17, 15) is 4.79 Å². The van der Waals surface area contributed by atoms with Crippen molar-refractivity contribution in [2.24, 2.45) is 5.92 Å². The normalized spacial score (nSPS) is 14.7. The van der Waals surface area contributed by atoms with E-state index in [-0.39, 0.29) is 11.8 Å². The molecule has 1 fully saturated rings. The van der Waals surface area contributed by atoms with Gasteiger partial charge in [0, 0.05) is 19.0 Å². The van der Waals surface area contributed by atoms with Crippen LogP contribution in [0, 0.1) is 5.92 Å². The SMILES string of the molecule is CCCN(CCC)c1ccc(NC(=O)C2CCC2)nn1. The van der Waals surface area contributed by atoms with E-state index in [0.29, 0.717) is 5.82 Å². The second-order valence-corrected chi connectivity index (χ2v) is 5.38. The number of rotatable bonds is 7. The highest BCUT2D eigenvalue weighted by Crippen LogP contribution is 2.27. The second-order valence-electron chi connectivity index (χ2n) is 5.38. The van der Waals surface area contributed by atoms with E-state index >= 15 is 0 Å². The molecule has 0 radical (unpaired) electrons.